The molecule has 0 aromatic heterocycles. The molecule has 5 rings (SSSR count). The Bertz CT molecular complexity index is 1150. The molecule has 2 heterocycles. The molecule has 0 spiro atoms. The minimum absolute atomic E-state index is 0.000115. The molecule has 2 aliphatic rings. The van der Waals surface area contributed by atoms with E-state index in [4.69, 9.17) is 9.84 Å². The number of amides is 1. The number of ether oxygens (including phenoxy) is 1. The van der Waals surface area contributed by atoms with E-state index >= 15 is 0 Å². The molecule has 5 nitrogen and oxygen atoms in total. The molecule has 0 N–H and O–H groups in total. The van der Waals surface area contributed by atoms with E-state index in [0.29, 0.717) is 5.75 Å². The first-order valence-electron chi connectivity index (χ1n) is 9.46. The number of rotatable bonds is 3. The Morgan fingerprint density at radius 2 is 1.83 bits per heavy atom. The molecule has 0 saturated carbocycles. The van der Waals surface area contributed by atoms with Crippen LogP contribution in [0.5, 0.6) is 5.75 Å². The van der Waals surface area contributed by atoms with Gasteiger partial charge in [-0.3, -0.25) is 4.79 Å². The Kier molecular flexibility index (Phi) is 4.56. The summed E-state index contributed by atoms with van der Waals surface area (Å²) in [6.45, 7) is 0. The van der Waals surface area contributed by atoms with Gasteiger partial charge in [0.25, 0.3) is 0 Å². The number of benzene rings is 3. The van der Waals surface area contributed by atoms with Crippen molar-refractivity contribution in [1.29, 1.82) is 0 Å². The van der Waals surface area contributed by atoms with Gasteiger partial charge in [0.1, 0.15) is 11.6 Å². The van der Waals surface area contributed by atoms with Crippen molar-refractivity contribution >= 4 is 39.3 Å². The van der Waals surface area contributed by atoms with Crippen LogP contribution in [0, 0.1) is 0 Å². The molecule has 3 aromatic rings. The molecule has 1 amide bonds. The molecule has 3 aromatic carbocycles. The molecular weight excluding hydrogens is 382 g/mol. The first-order chi connectivity index (χ1) is 14.2. The number of fused-ring (bicyclic) bond motifs is 1. The molecule has 6 heteroatoms. The standard InChI is InChI=1S/C23H19N3O2S/c1-28-17-11-9-16(10-12-17)21-13-20(25-26(21)22-14-29-23(27)24-22)19-8-4-6-15-5-2-3-7-18(15)19/h2-12,21H,13-14H2,1H3. The SMILES string of the molecule is COc1ccc(C2CC(c3cccc4ccccc34)=NN2C2=NC(=O)SC2)cc1. The maximum absolute atomic E-state index is 11.7. The second-order valence-electron chi connectivity index (χ2n) is 6.99. The van der Waals surface area contributed by atoms with Gasteiger partial charge in [-0.2, -0.15) is 10.1 Å². The van der Waals surface area contributed by atoms with Crippen LogP contribution in [0.15, 0.2) is 76.8 Å². The zero-order chi connectivity index (χ0) is 19.8. The highest BCUT2D eigenvalue weighted by Crippen LogP contribution is 2.37. The minimum atomic E-state index is -0.151. The second kappa shape index (κ2) is 7.37. The van der Waals surface area contributed by atoms with Gasteiger partial charge in [0.05, 0.1) is 24.6 Å². The lowest BCUT2D eigenvalue weighted by atomic mass is 9.95. The molecule has 144 valence electrons. The van der Waals surface area contributed by atoms with Gasteiger partial charge in [-0.05, 0) is 28.5 Å². The topological polar surface area (TPSA) is 54.3 Å². The highest BCUT2D eigenvalue weighted by atomic mass is 32.2. The summed E-state index contributed by atoms with van der Waals surface area (Å²) < 4.78 is 5.30. The van der Waals surface area contributed by atoms with Crippen molar-refractivity contribution in [3.8, 4) is 5.75 Å². The van der Waals surface area contributed by atoms with Gasteiger partial charge in [-0.1, -0.05) is 66.4 Å². The Hall–Kier alpha value is -3.12. The number of hydrazone groups is 1. The number of carbonyl (C=O) groups excluding carboxylic acids is 1. The highest BCUT2D eigenvalue weighted by Gasteiger charge is 2.34. The summed E-state index contributed by atoms with van der Waals surface area (Å²) >= 11 is 1.22. The van der Waals surface area contributed by atoms with E-state index in [1.54, 1.807) is 7.11 Å². The zero-order valence-corrected chi connectivity index (χ0v) is 16.7. The highest BCUT2D eigenvalue weighted by molar-refractivity contribution is 8.14. The summed E-state index contributed by atoms with van der Waals surface area (Å²) in [6, 6.07) is 22.7. The van der Waals surface area contributed by atoms with E-state index in [9.17, 15) is 4.79 Å². The molecule has 29 heavy (non-hydrogen) atoms. The molecule has 0 radical (unpaired) electrons. The first-order valence-corrected chi connectivity index (χ1v) is 10.4. The van der Waals surface area contributed by atoms with Gasteiger partial charge in [-0.25, -0.2) is 5.01 Å². The average molecular weight is 401 g/mol. The fourth-order valence-electron chi connectivity index (χ4n) is 3.89. The second-order valence-corrected chi connectivity index (χ2v) is 7.92. The van der Waals surface area contributed by atoms with Crippen LogP contribution < -0.4 is 4.74 Å². The van der Waals surface area contributed by atoms with E-state index in [1.165, 1.54) is 22.5 Å². The summed E-state index contributed by atoms with van der Waals surface area (Å²) in [6.07, 6.45) is 0.748. The minimum Gasteiger partial charge on any atom is -0.497 e. The van der Waals surface area contributed by atoms with Crippen LogP contribution in [0.25, 0.3) is 10.8 Å². The summed E-state index contributed by atoms with van der Waals surface area (Å²) in [4.78, 5) is 16.0. The van der Waals surface area contributed by atoms with Gasteiger partial charge in [0.15, 0.2) is 0 Å². The molecule has 0 fully saturated rings. The van der Waals surface area contributed by atoms with Crippen molar-refractivity contribution in [2.75, 3.05) is 12.9 Å². The third-order valence-corrected chi connectivity index (χ3v) is 6.06. The Balaban J connectivity index is 1.58. The monoisotopic (exact) mass is 401 g/mol. The van der Waals surface area contributed by atoms with Gasteiger partial charge in [0, 0.05) is 12.0 Å². The van der Waals surface area contributed by atoms with E-state index in [0.717, 1.165) is 34.8 Å². The lowest BCUT2D eigenvalue weighted by Crippen LogP contribution is -2.27. The third-order valence-electron chi connectivity index (χ3n) is 5.32. The Morgan fingerprint density at radius 1 is 1.03 bits per heavy atom. The maximum atomic E-state index is 11.7. The number of carbonyl (C=O) groups is 1. The Morgan fingerprint density at radius 3 is 2.59 bits per heavy atom. The molecule has 1 atom stereocenters. The smallest absolute Gasteiger partial charge is 0.307 e. The quantitative estimate of drug-likeness (QED) is 0.600. The van der Waals surface area contributed by atoms with Gasteiger partial charge >= 0.3 is 5.24 Å². The van der Waals surface area contributed by atoms with Crippen molar-refractivity contribution in [3.05, 3.63) is 77.9 Å². The van der Waals surface area contributed by atoms with Crippen molar-refractivity contribution < 1.29 is 9.53 Å². The van der Waals surface area contributed by atoms with Crippen LogP contribution in [0.3, 0.4) is 0 Å². The number of hydrogen-bond donors (Lipinski definition) is 0. The van der Waals surface area contributed by atoms with Gasteiger partial charge in [-0.15, -0.1) is 0 Å². The van der Waals surface area contributed by atoms with Crippen molar-refractivity contribution in [2.24, 2.45) is 10.1 Å². The number of thioether (sulfide) groups is 1. The average Bonchev–Trinajstić information content (AvgIpc) is 3.40. The van der Waals surface area contributed by atoms with Crippen LogP contribution in [-0.2, 0) is 0 Å². The molecule has 0 bridgehead atoms. The van der Waals surface area contributed by atoms with Crippen molar-refractivity contribution in [3.63, 3.8) is 0 Å². The predicted octanol–water partition coefficient (Wildman–Crippen LogP) is 5.26. The third kappa shape index (κ3) is 3.29. The summed E-state index contributed by atoms with van der Waals surface area (Å²) in [5, 5.41) is 9.10. The lowest BCUT2D eigenvalue weighted by molar-refractivity contribution is 0.267. The summed E-state index contributed by atoms with van der Waals surface area (Å²) in [5.74, 6) is 2.09. The number of methoxy groups -OCH3 is 1. The molecule has 0 saturated heterocycles. The van der Waals surface area contributed by atoms with E-state index in [-0.39, 0.29) is 11.3 Å². The number of nitrogens with zero attached hydrogens (tertiary/aromatic N) is 3. The van der Waals surface area contributed by atoms with Crippen LogP contribution in [0.1, 0.15) is 23.6 Å². The van der Waals surface area contributed by atoms with Crippen LogP contribution in [0.4, 0.5) is 4.79 Å². The predicted molar refractivity (Wildman–Crippen MR) is 118 cm³/mol. The van der Waals surface area contributed by atoms with Gasteiger partial charge < -0.3 is 4.74 Å². The van der Waals surface area contributed by atoms with Crippen molar-refractivity contribution in [2.45, 2.75) is 12.5 Å². The first kappa shape index (κ1) is 17.9. The number of amidine groups is 1. The summed E-state index contributed by atoms with van der Waals surface area (Å²) in [7, 11) is 1.66. The normalized spacial score (nSPS) is 18.9. The van der Waals surface area contributed by atoms with Crippen molar-refractivity contribution in [1.82, 2.24) is 5.01 Å². The van der Waals surface area contributed by atoms with Crippen LogP contribution in [0.2, 0.25) is 0 Å². The maximum Gasteiger partial charge on any atom is 0.307 e. The summed E-state index contributed by atoms with van der Waals surface area (Å²) in [5.41, 5.74) is 3.26. The van der Waals surface area contributed by atoms with E-state index in [1.807, 2.05) is 23.2 Å². The number of hydrogen-bond acceptors (Lipinski definition) is 5. The van der Waals surface area contributed by atoms with E-state index in [2.05, 4.69) is 53.5 Å². The largest absolute Gasteiger partial charge is 0.497 e. The zero-order valence-electron chi connectivity index (χ0n) is 15.9. The van der Waals surface area contributed by atoms with Crippen LogP contribution >= 0.6 is 11.8 Å². The molecule has 0 aliphatic carbocycles. The fraction of sp³-hybridized carbons (Fsp3) is 0.174. The van der Waals surface area contributed by atoms with Crippen LogP contribution in [-0.4, -0.2) is 34.7 Å². The molecular formula is C23H19N3O2S. The molecule has 2 aliphatic heterocycles. The molecule has 1 unspecified atom stereocenters. The number of aliphatic imine (C=N–C) groups is 1. The van der Waals surface area contributed by atoms with Gasteiger partial charge in [0.2, 0.25) is 0 Å². The lowest BCUT2D eigenvalue weighted by Gasteiger charge is -2.23. The fourth-order valence-corrected chi connectivity index (χ4v) is 4.51. The van der Waals surface area contributed by atoms with E-state index < -0.39 is 0 Å². The Labute approximate surface area is 173 Å².